The van der Waals surface area contributed by atoms with E-state index in [0.29, 0.717) is 17.8 Å². The number of benzene rings is 2. The number of hydrogen-bond donors (Lipinski definition) is 2. The molecular formula is C29H30Cl2FN5O3. The Morgan fingerprint density at radius 3 is 2.38 bits per heavy atom. The number of urea groups is 1. The van der Waals surface area contributed by atoms with Crippen LogP contribution < -0.4 is 15.5 Å². The second-order valence-corrected chi connectivity index (χ2v) is 11.5. The number of nitrogens with one attached hydrogen (secondary N) is 2. The smallest absolute Gasteiger partial charge is 0.322 e. The summed E-state index contributed by atoms with van der Waals surface area (Å²) in [5.41, 5.74) is 1.74. The lowest BCUT2D eigenvalue weighted by molar-refractivity contribution is -0.129. The van der Waals surface area contributed by atoms with E-state index in [2.05, 4.69) is 15.6 Å². The van der Waals surface area contributed by atoms with E-state index < -0.39 is 29.7 Å². The van der Waals surface area contributed by atoms with Crippen LogP contribution in [0.25, 0.3) is 0 Å². The van der Waals surface area contributed by atoms with E-state index >= 15 is 0 Å². The molecule has 40 heavy (non-hydrogen) atoms. The molecule has 4 amide bonds. The molecule has 1 unspecified atom stereocenters. The van der Waals surface area contributed by atoms with Crippen molar-refractivity contribution < 1.29 is 18.8 Å². The number of para-hydroxylation sites is 1. The predicted octanol–water partition coefficient (Wildman–Crippen LogP) is 6.03. The number of carbonyl (C=O) groups is 3. The Labute approximate surface area is 242 Å². The quantitative estimate of drug-likeness (QED) is 0.345. The minimum atomic E-state index is -1.15. The maximum Gasteiger partial charge on any atom is 0.322 e. The average molecular weight is 586 g/mol. The Morgan fingerprint density at radius 1 is 1.05 bits per heavy atom. The van der Waals surface area contributed by atoms with Crippen LogP contribution in [0, 0.1) is 11.2 Å². The van der Waals surface area contributed by atoms with Gasteiger partial charge in [0.15, 0.2) is 0 Å². The number of carbonyl (C=O) groups excluding carboxylic acids is 3. The van der Waals surface area contributed by atoms with Crippen LogP contribution >= 0.6 is 23.2 Å². The summed E-state index contributed by atoms with van der Waals surface area (Å²) in [5, 5.41) is 5.58. The second kappa shape index (κ2) is 12.2. The van der Waals surface area contributed by atoms with Crippen LogP contribution in [0.1, 0.15) is 38.3 Å². The van der Waals surface area contributed by atoms with E-state index in [1.807, 2.05) is 45.0 Å². The van der Waals surface area contributed by atoms with Gasteiger partial charge < -0.3 is 20.4 Å². The van der Waals surface area contributed by atoms with Crippen molar-refractivity contribution in [1.29, 1.82) is 0 Å². The molecule has 8 nitrogen and oxygen atoms in total. The molecule has 11 heteroatoms. The number of halogens is 3. The number of hydrogen-bond acceptors (Lipinski definition) is 4. The van der Waals surface area contributed by atoms with Gasteiger partial charge in [-0.3, -0.25) is 9.59 Å². The van der Waals surface area contributed by atoms with E-state index in [-0.39, 0.29) is 40.9 Å². The highest BCUT2D eigenvalue weighted by Crippen LogP contribution is 2.32. The summed E-state index contributed by atoms with van der Waals surface area (Å²) in [7, 11) is 0. The molecule has 2 N–H and O–H groups in total. The third-order valence-corrected chi connectivity index (χ3v) is 6.66. The molecule has 2 heterocycles. The number of anilines is 2. The topological polar surface area (TPSA) is 94.6 Å². The summed E-state index contributed by atoms with van der Waals surface area (Å²) in [4.78, 5) is 47.8. The van der Waals surface area contributed by atoms with Gasteiger partial charge in [0.05, 0.1) is 13.0 Å². The normalized spacial score (nSPS) is 15.3. The minimum Gasteiger partial charge on any atom is -0.352 e. The zero-order valence-electron chi connectivity index (χ0n) is 22.4. The molecule has 1 atom stereocenters. The molecule has 0 saturated carbocycles. The SMILES string of the molecule is CC(C)(C)CN1C(=O)C(CC(=O)NCc2ccccc2F)N(C(=O)Nc2cc(Cl)nc(Cl)c2)Cc2ccccc21. The van der Waals surface area contributed by atoms with Crippen molar-refractivity contribution in [1.82, 2.24) is 15.2 Å². The fraction of sp³-hybridized carbons (Fsp3) is 0.310. The highest BCUT2D eigenvalue weighted by molar-refractivity contribution is 6.33. The predicted molar refractivity (Wildman–Crippen MR) is 154 cm³/mol. The van der Waals surface area contributed by atoms with Crippen molar-refractivity contribution in [2.45, 2.75) is 46.3 Å². The van der Waals surface area contributed by atoms with Gasteiger partial charge in [-0.15, -0.1) is 0 Å². The van der Waals surface area contributed by atoms with E-state index in [4.69, 9.17) is 23.2 Å². The summed E-state index contributed by atoms with van der Waals surface area (Å²) in [6, 6.07) is 14.5. The monoisotopic (exact) mass is 585 g/mol. The van der Waals surface area contributed by atoms with Crippen LogP contribution in [-0.2, 0) is 22.7 Å². The van der Waals surface area contributed by atoms with Crippen molar-refractivity contribution >= 4 is 52.4 Å². The molecule has 1 aromatic heterocycles. The Hall–Kier alpha value is -3.69. The molecule has 2 aromatic carbocycles. The lowest BCUT2D eigenvalue weighted by atomic mass is 9.95. The third-order valence-electron chi connectivity index (χ3n) is 6.27. The zero-order chi connectivity index (χ0) is 29.0. The highest BCUT2D eigenvalue weighted by atomic mass is 35.5. The molecule has 1 aliphatic rings. The highest BCUT2D eigenvalue weighted by Gasteiger charge is 2.40. The van der Waals surface area contributed by atoms with Crippen molar-refractivity contribution in [3.05, 3.63) is 87.9 Å². The first kappa shape index (κ1) is 29.3. The van der Waals surface area contributed by atoms with E-state index in [1.165, 1.54) is 23.1 Å². The molecule has 0 radical (unpaired) electrons. The number of rotatable bonds is 6. The Balaban J connectivity index is 1.67. The molecular weight excluding hydrogens is 556 g/mol. The molecule has 0 saturated heterocycles. The summed E-state index contributed by atoms with van der Waals surface area (Å²) in [6.45, 7) is 6.38. The number of aromatic nitrogens is 1. The van der Waals surface area contributed by atoms with Crippen molar-refractivity contribution in [2.24, 2.45) is 5.41 Å². The maximum atomic E-state index is 14.1. The summed E-state index contributed by atoms with van der Waals surface area (Å²) in [5.74, 6) is -1.35. The first-order valence-corrected chi connectivity index (χ1v) is 13.5. The molecule has 1 aliphatic heterocycles. The lowest BCUT2D eigenvalue weighted by Gasteiger charge is -2.33. The van der Waals surface area contributed by atoms with Gasteiger partial charge in [0.2, 0.25) is 11.8 Å². The van der Waals surface area contributed by atoms with Gasteiger partial charge in [0.1, 0.15) is 22.2 Å². The molecule has 210 valence electrons. The van der Waals surface area contributed by atoms with Gasteiger partial charge in [-0.05, 0) is 35.2 Å². The number of pyridine rings is 1. The Morgan fingerprint density at radius 2 is 1.70 bits per heavy atom. The van der Waals surface area contributed by atoms with Crippen molar-refractivity contribution in [2.75, 3.05) is 16.8 Å². The molecule has 3 aromatic rings. The summed E-state index contributed by atoms with van der Waals surface area (Å²) in [6.07, 6.45) is -0.326. The number of amides is 4. The number of fused-ring (bicyclic) bond motifs is 1. The van der Waals surface area contributed by atoms with Crippen LogP contribution in [0.15, 0.2) is 60.7 Å². The van der Waals surface area contributed by atoms with Crippen LogP contribution in [0.4, 0.5) is 20.6 Å². The van der Waals surface area contributed by atoms with Gasteiger partial charge in [-0.2, -0.15) is 0 Å². The first-order chi connectivity index (χ1) is 18.9. The average Bonchev–Trinajstić information content (AvgIpc) is 2.97. The molecule has 0 bridgehead atoms. The van der Waals surface area contributed by atoms with Crippen molar-refractivity contribution in [3.8, 4) is 0 Å². The lowest BCUT2D eigenvalue weighted by Crippen LogP contribution is -2.53. The molecule has 0 fully saturated rings. The van der Waals surface area contributed by atoms with Crippen LogP contribution in [0.3, 0.4) is 0 Å². The van der Waals surface area contributed by atoms with Gasteiger partial charge >= 0.3 is 6.03 Å². The molecule has 0 spiro atoms. The second-order valence-electron chi connectivity index (χ2n) is 10.8. The van der Waals surface area contributed by atoms with Gasteiger partial charge in [-0.1, -0.05) is 80.4 Å². The summed E-state index contributed by atoms with van der Waals surface area (Å²) >= 11 is 12.0. The van der Waals surface area contributed by atoms with E-state index in [1.54, 1.807) is 23.1 Å². The fourth-order valence-corrected chi connectivity index (χ4v) is 4.96. The van der Waals surface area contributed by atoms with Gasteiger partial charge in [0, 0.05) is 30.0 Å². The van der Waals surface area contributed by atoms with E-state index in [9.17, 15) is 18.8 Å². The maximum absolute atomic E-state index is 14.1. The zero-order valence-corrected chi connectivity index (χ0v) is 23.9. The van der Waals surface area contributed by atoms with Crippen LogP contribution in [-0.4, -0.2) is 40.3 Å². The van der Waals surface area contributed by atoms with Gasteiger partial charge in [0.25, 0.3) is 0 Å². The fourth-order valence-electron chi connectivity index (χ4n) is 4.50. The summed E-state index contributed by atoms with van der Waals surface area (Å²) < 4.78 is 14.1. The van der Waals surface area contributed by atoms with Crippen LogP contribution in [0.5, 0.6) is 0 Å². The minimum absolute atomic E-state index is 0.0570. The largest absolute Gasteiger partial charge is 0.352 e. The van der Waals surface area contributed by atoms with Crippen LogP contribution in [0.2, 0.25) is 10.3 Å². The molecule has 0 aliphatic carbocycles. The Bertz CT molecular complexity index is 1410. The molecule has 4 rings (SSSR count). The van der Waals surface area contributed by atoms with E-state index in [0.717, 1.165) is 5.56 Å². The first-order valence-electron chi connectivity index (χ1n) is 12.7. The number of nitrogens with zero attached hydrogens (tertiary/aromatic N) is 3. The Kier molecular flexibility index (Phi) is 8.95. The van der Waals surface area contributed by atoms with Gasteiger partial charge in [-0.25, -0.2) is 14.2 Å². The van der Waals surface area contributed by atoms with Crippen molar-refractivity contribution in [3.63, 3.8) is 0 Å². The standard InChI is InChI=1S/C29H30Cl2FN5O3/c1-29(2,3)17-37-22-11-7-5-9-19(22)16-36(28(40)34-20-12-24(30)35-25(31)13-20)23(27(37)39)14-26(38)33-15-18-8-4-6-10-21(18)32/h4-13,23H,14-17H2,1-3H3,(H,33,38)(H,34,35,40). The third kappa shape index (κ3) is 7.28.